The molecule has 1 saturated carbocycles. The van der Waals surface area contributed by atoms with Gasteiger partial charge in [-0.05, 0) is 37.1 Å². The van der Waals surface area contributed by atoms with E-state index in [1.54, 1.807) is 0 Å². The van der Waals surface area contributed by atoms with Gasteiger partial charge in [0.05, 0.1) is 6.10 Å². The van der Waals surface area contributed by atoms with Crippen molar-refractivity contribution in [2.45, 2.75) is 39.2 Å². The molecule has 1 saturated heterocycles. The zero-order valence-corrected chi connectivity index (χ0v) is 8.79. The highest BCUT2D eigenvalue weighted by atomic mass is 16.3. The van der Waals surface area contributed by atoms with Crippen LogP contribution in [0.2, 0.25) is 0 Å². The number of aliphatic hydroxyl groups is 1. The van der Waals surface area contributed by atoms with Gasteiger partial charge >= 0.3 is 0 Å². The number of β-amino-alcohol motifs (C(OH)–C–C–N with tert-alkyl or cyclic N) is 1. The lowest BCUT2D eigenvalue weighted by Crippen LogP contribution is -2.44. The van der Waals surface area contributed by atoms with Crippen LogP contribution in [0, 0.1) is 11.3 Å². The lowest BCUT2D eigenvalue weighted by Gasteiger charge is -2.35. The number of rotatable bonds is 2. The molecule has 2 aliphatic rings. The van der Waals surface area contributed by atoms with Gasteiger partial charge in [-0.3, -0.25) is 0 Å². The predicted molar refractivity (Wildman–Crippen MR) is 53.6 cm³/mol. The molecule has 0 aromatic rings. The van der Waals surface area contributed by atoms with Crippen molar-refractivity contribution in [2.75, 3.05) is 19.6 Å². The smallest absolute Gasteiger partial charge is 0.0693 e. The van der Waals surface area contributed by atoms with E-state index in [-0.39, 0.29) is 6.10 Å². The normalized spacial score (nSPS) is 39.0. The highest BCUT2D eigenvalue weighted by molar-refractivity contribution is 4.92. The van der Waals surface area contributed by atoms with E-state index in [9.17, 15) is 5.11 Å². The average molecular weight is 183 g/mol. The molecule has 1 heterocycles. The number of likely N-dealkylation sites (tertiary alicyclic amines) is 1. The maximum absolute atomic E-state index is 9.72. The summed E-state index contributed by atoms with van der Waals surface area (Å²) in [5, 5.41) is 9.72. The molecule has 1 N–H and O–H groups in total. The van der Waals surface area contributed by atoms with Gasteiger partial charge < -0.3 is 10.0 Å². The van der Waals surface area contributed by atoms with Crippen LogP contribution in [0.15, 0.2) is 0 Å². The summed E-state index contributed by atoms with van der Waals surface area (Å²) in [5.74, 6) is 0.503. The average Bonchev–Trinajstić information content (AvgIpc) is 2.76. The van der Waals surface area contributed by atoms with Gasteiger partial charge in [-0.2, -0.15) is 0 Å². The lowest BCUT2D eigenvalue weighted by atomic mass is 9.95. The molecule has 0 bridgehead atoms. The molecule has 76 valence electrons. The lowest BCUT2D eigenvalue weighted by molar-refractivity contribution is 0.0221. The van der Waals surface area contributed by atoms with Gasteiger partial charge in [0.2, 0.25) is 0 Å². The Hall–Kier alpha value is -0.0800. The Kier molecular flexibility index (Phi) is 2.37. The summed E-state index contributed by atoms with van der Waals surface area (Å²) < 4.78 is 0. The molecule has 1 aliphatic carbocycles. The topological polar surface area (TPSA) is 23.5 Å². The van der Waals surface area contributed by atoms with Crippen molar-refractivity contribution >= 4 is 0 Å². The van der Waals surface area contributed by atoms with Crippen LogP contribution in [0.5, 0.6) is 0 Å². The maximum Gasteiger partial charge on any atom is 0.0693 e. The third kappa shape index (κ3) is 2.23. The monoisotopic (exact) mass is 183 g/mol. The van der Waals surface area contributed by atoms with E-state index in [1.165, 1.54) is 25.9 Å². The minimum atomic E-state index is -0.0869. The fourth-order valence-corrected chi connectivity index (χ4v) is 2.17. The van der Waals surface area contributed by atoms with Crippen LogP contribution in [0.1, 0.15) is 33.1 Å². The van der Waals surface area contributed by atoms with E-state index in [1.807, 2.05) is 0 Å². The fraction of sp³-hybridized carbons (Fsp3) is 1.00. The quantitative estimate of drug-likeness (QED) is 0.701. The molecule has 0 spiro atoms. The van der Waals surface area contributed by atoms with Gasteiger partial charge in [0.25, 0.3) is 0 Å². The van der Waals surface area contributed by atoms with Gasteiger partial charge in [-0.15, -0.1) is 0 Å². The Bertz CT molecular complexity index is 189. The van der Waals surface area contributed by atoms with Crippen molar-refractivity contribution in [1.82, 2.24) is 4.90 Å². The molecule has 2 atom stereocenters. The van der Waals surface area contributed by atoms with Gasteiger partial charge in [0.1, 0.15) is 0 Å². The van der Waals surface area contributed by atoms with Crippen LogP contribution < -0.4 is 0 Å². The molecule has 2 heteroatoms. The van der Waals surface area contributed by atoms with E-state index < -0.39 is 0 Å². The predicted octanol–water partition coefficient (Wildman–Crippen LogP) is 1.49. The first kappa shape index (κ1) is 9.47. The molecule has 1 aliphatic heterocycles. The second kappa shape index (κ2) is 3.25. The third-order valence-electron chi connectivity index (χ3n) is 3.71. The summed E-state index contributed by atoms with van der Waals surface area (Å²) in [5.41, 5.74) is 0.598. The summed E-state index contributed by atoms with van der Waals surface area (Å²) in [4.78, 5) is 2.44. The molecule has 0 radical (unpaired) electrons. The Balaban J connectivity index is 1.81. The highest BCUT2D eigenvalue weighted by Crippen LogP contribution is 2.45. The number of piperidine rings is 1. The van der Waals surface area contributed by atoms with Crippen LogP contribution in [0.3, 0.4) is 0 Å². The van der Waals surface area contributed by atoms with Crippen molar-refractivity contribution in [3.8, 4) is 0 Å². The van der Waals surface area contributed by atoms with Crippen LogP contribution in [0.4, 0.5) is 0 Å². The zero-order chi connectivity index (χ0) is 9.47. The van der Waals surface area contributed by atoms with Gasteiger partial charge in [0, 0.05) is 13.1 Å². The number of aliphatic hydroxyl groups excluding tert-OH is 1. The first-order valence-corrected chi connectivity index (χ1v) is 5.49. The molecule has 0 aromatic heterocycles. The fourth-order valence-electron chi connectivity index (χ4n) is 2.17. The van der Waals surface area contributed by atoms with Gasteiger partial charge in [-0.1, -0.05) is 13.8 Å². The van der Waals surface area contributed by atoms with E-state index in [0.717, 1.165) is 13.0 Å². The number of nitrogens with zero attached hydrogens (tertiary/aromatic N) is 1. The second-order valence-corrected chi connectivity index (χ2v) is 5.38. The highest BCUT2D eigenvalue weighted by Gasteiger charge is 2.39. The summed E-state index contributed by atoms with van der Waals surface area (Å²) in [6, 6.07) is 0. The molecule has 2 unspecified atom stereocenters. The van der Waals surface area contributed by atoms with Crippen LogP contribution in [-0.2, 0) is 0 Å². The molecule has 2 rings (SSSR count). The molecule has 0 amide bonds. The van der Waals surface area contributed by atoms with E-state index >= 15 is 0 Å². The Morgan fingerprint density at radius 1 is 1.46 bits per heavy atom. The zero-order valence-electron chi connectivity index (χ0n) is 8.79. The van der Waals surface area contributed by atoms with E-state index in [4.69, 9.17) is 0 Å². The molecule has 0 aromatic carbocycles. The van der Waals surface area contributed by atoms with Crippen LogP contribution >= 0.6 is 0 Å². The van der Waals surface area contributed by atoms with Gasteiger partial charge in [0.15, 0.2) is 0 Å². The second-order valence-electron chi connectivity index (χ2n) is 5.38. The van der Waals surface area contributed by atoms with Crippen molar-refractivity contribution in [3.63, 3.8) is 0 Å². The molecular formula is C11H21NO. The maximum atomic E-state index is 9.72. The minimum Gasteiger partial charge on any atom is -0.392 e. The first-order chi connectivity index (χ1) is 6.09. The summed E-state index contributed by atoms with van der Waals surface area (Å²) >= 11 is 0. The number of hydrogen-bond acceptors (Lipinski definition) is 2. The molecule has 2 nitrogen and oxygen atoms in total. The Morgan fingerprint density at radius 2 is 2.15 bits per heavy atom. The Labute approximate surface area is 80.9 Å². The molecule has 13 heavy (non-hydrogen) atoms. The van der Waals surface area contributed by atoms with Crippen LogP contribution in [-0.4, -0.2) is 35.7 Å². The number of hydrogen-bond donors (Lipinski definition) is 1. The SMILES string of the molecule is CC1CCN(CC2(C)CC2)CC1O. The van der Waals surface area contributed by atoms with Crippen molar-refractivity contribution in [3.05, 3.63) is 0 Å². The van der Waals surface area contributed by atoms with Crippen molar-refractivity contribution in [1.29, 1.82) is 0 Å². The van der Waals surface area contributed by atoms with Crippen molar-refractivity contribution < 1.29 is 5.11 Å². The summed E-state index contributed by atoms with van der Waals surface area (Å²) in [7, 11) is 0. The van der Waals surface area contributed by atoms with E-state index in [0.29, 0.717) is 11.3 Å². The molecule has 2 fully saturated rings. The van der Waals surface area contributed by atoms with Gasteiger partial charge in [-0.25, -0.2) is 0 Å². The standard InChI is InChI=1S/C11H21NO/c1-9-3-6-12(7-10(9)13)8-11(2)4-5-11/h9-10,13H,3-8H2,1-2H3. The summed E-state index contributed by atoms with van der Waals surface area (Å²) in [6.07, 6.45) is 3.85. The third-order valence-corrected chi connectivity index (χ3v) is 3.71. The Morgan fingerprint density at radius 3 is 2.69 bits per heavy atom. The van der Waals surface area contributed by atoms with Crippen LogP contribution in [0.25, 0.3) is 0 Å². The largest absolute Gasteiger partial charge is 0.392 e. The van der Waals surface area contributed by atoms with E-state index in [2.05, 4.69) is 18.7 Å². The van der Waals surface area contributed by atoms with Crippen molar-refractivity contribution in [2.24, 2.45) is 11.3 Å². The minimum absolute atomic E-state index is 0.0869. The summed E-state index contributed by atoms with van der Waals surface area (Å²) in [6.45, 7) is 7.81. The molecular weight excluding hydrogens is 162 g/mol. The first-order valence-electron chi connectivity index (χ1n) is 5.49.